The first kappa shape index (κ1) is 19.5. The molecule has 0 radical (unpaired) electrons. The number of hydrogen-bond acceptors (Lipinski definition) is 3. The molecule has 1 saturated heterocycles. The number of benzene rings is 2. The first-order valence-corrected chi connectivity index (χ1v) is 10.4. The summed E-state index contributed by atoms with van der Waals surface area (Å²) in [4.78, 5) is 28.4. The minimum Gasteiger partial charge on any atom is -0.480 e. The van der Waals surface area contributed by atoms with Gasteiger partial charge in [0, 0.05) is 12.1 Å². The van der Waals surface area contributed by atoms with E-state index in [1.807, 2.05) is 53.4 Å². The van der Waals surface area contributed by atoms with E-state index in [0.29, 0.717) is 26.1 Å². The van der Waals surface area contributed by atoms with Crippen molar-refractivity contribution in [2.45, 2.75) is 25.9 Å². The van der Waals surface area contributed by atoms with E-state index in [1.54, 1.807) is 0 Å². The van der Waals surface area contributed by atoms with Crippen LogP contribution >= 0.6 is 0 Å². The van der Waals surface area contributed by atoms with Crippen LogP contribution in [0, 0.1) is 0 Å². The molecule has 0 saturated carbocycles. The van der Waals surface area contributed by atoms with Crippen LogP contribution in [-0.4, -0.2) is 55.5 Å². The number of para-hydroxylation sites is 2. The Kier molecular flexibility index (Phi) is 5.81. The second-order valence-corrected chi connectivity index (χ2v) is 7.73. The minimum absolute atomic E-state index is 0.0234. The lowest BCUT2D eigenvalue weighted by molar-refractivity contribution is -0.895. The molecule has 0 unspecified atom stereocenters. The molecule has 2 amide bonds. The molecular weight excluding hydrogens is 366 g/mol. The Balaban J connectivity index is 1.25. The zero-order valence-electron chi connectivity index (χ0n) is 16.8. The van der Waals surface area contributed by atoms with E-state index in [-0.39, 0.29) is 11.8 Å². The molecule has 2 aliphatic heterocycles. The Bertz CT molecular complexity index is 865. The molecule has 6 heteroatoms. The smallest absolute Gasteiger partial charge is 0.279 e. The Morgan fingerprint density at radius 3 is 2.59 bits per heavy atom. The summed E-state index contributed by atoms with van der Waals surface area (Å²) in [5.41, 5.74) is 3.13. The minimum atomic E-state index is -0.414. The van der Waals surface area contributed by atoms with Gasteiger partial charge in [0.2, 0.25) is 0 Å². The summed E-state index contributed by atoms with van der Waals surface area (Å²) in [5, 5.41) is 3.04. The van der Waals surface area contributed by atoms with E-state index in [2.05, 4.69) is 12.2 Å². The number of anilines is 1. The first-order chi connectivity index (χ1) is 14.1. The number of nitrogens with zero attached hydrogens (tertiary/aromatic N) is 1. The lowest BCUT2D eigenvalue weighted by atomic mass is 10.1. The lowest BCUT2D eigenvalue weighted by Crippen LogP contribution is -3.15. The highest BCUT2D eigenvalue weighted by atomic mass is 16.5. The predicted octanol–water partition coefficient (Wildman–Crippen LogP) is 0.918. The number of carbonyl (C=O) groups excluding carboxylic acids is 2. The third-order valence-electron chi connectivity index (χ3n) is 5.79. The largest absolute Gasteiger partial charge is 0.480 e. The van der Waals surface area contributed by atoms with Crippen LogP contribution in [0.1, 0.15) is 18.1 Å². The highest BCUT2D eigenvalue weighted by Crippen LogP contribution is 2.28. The number of hydrogen-bond donors (Lipinski definition) is 2. The Morgan fingerprint density at radius 1 is 1.10 bits per heavy atom. The molecule has 2 aliphatic rings. The average Bonchev–Trinajstić information content (AvgIpc) is 3.18. The van der Waals surface area contributed by atoms with Gasteiger partial charge in [-0.1, -0.05) is 43.3 Å². The fourth-order valence-electron chi connectivity index (χ4n) is 4.12. The van der Waals surface area contributed by atoms with E-state index in [4.69, 9.17) is 4.74 Å². The van der Waals surface area contributed by atoms with Gasteiger partial charge in [-0.2, -0.15) is 0 Å². The van der Waals surface area contributed by atoms with Crippen molar-refractivity contribution >= 4 is 17.5 Å². The lowest BCUT2D eigenvalue weighted by Gasteiger charge is -2.33. The summed E-state index contributed by atoms with van der Waals surface area (Å²) >= 11 is 0. The van der Waals surface area contributed by atoms with E-state index < -0.39 is 6.10 Å². The van der Waals surface area contributed by atoms with Crippen LogP contribution in [0.3, 0.4) is 0 Å². The summed E-state index contributed by atoms with van der Waals surface area (Å²) in [5.74, 6) is 0.899. The van der Waals surface area contributed by atoms with Gasteiger partial charge in [-0.25, -0.2) is 0 Å². The molecule has 152 valence electrons. The number of fused-ring (bicyclic) bond motifs is 1. The zero-order chi connectivity index (χ0) is 20.2. The van der Waals surface area contributed by atoms with Gasteiger partial charge >= 0.3 is 0 Å². The summed E-state index contributed by atoms with van der Waals surface area (Å²) in [6.45, 7) is 5.36. The third kappa shape index (κ3) is 4.43. The SMILES string of the molecule is CCc1ccccc1NC(=O)C[NH+]1CCN(C(=O)[C@@H]2Cc3ccccc3O2)CC1. The molecular formula is C23H28N3O3+. The first-order valence-electron chi connectivity index (χ1n) is 10.4. The normalized spacial score (nSPS) is 18.8. The summed E-state index contributed by atoms with van der Waals surface area (Å²) in [6.07, 6.45) is 1.11. The van der Waals surface area contributed by atoms with Gasteiger partial charge in [0.05, 0.1) is 26.2 Å². The van der Waals surface area contributed by atoms with E-state index in [1.165, 1.54) is 4.90 Å². The van der Waals surface area contributed by atoms with Crippen LogP contribution in [0.15, 0.2) is 48.5 Å². The fourth-order valence-corrected chi connectivity index (χ4v) is 4.12. The van der Waals surface area contributed by atoms with Gasteiger partial charge in [0.1, 0.15) is 5.75 Å². The van der Waals surface area contributed by atoms with Crippen molar-refractivity contribution in [2.75, 3.05) is 38.0 Å². The molecule has 2 aromatic carbocycles. The Labute approximate surface area is 171 Å². The molecule has 2 aromatic rings. The molecule has 1 fully saturated rings. The molecule has 2 N–H and O–H groups in total. The van der Waals surface area contributed by atoms with E-state index in [0.717, 1.165) is 42.1 Å². The van der Waals surface area contributed by atoms with Crippen LogP contribution in [-0.2, 0) is 22.4 Å². The van der Waals surface area contributed by atoms with Gasteiger partial charge in [-0.3, -0.25) is 9.59 Å². The monoisotopic (exact) mass is 394 g/mol. The van der Waals surface area contributed by atoms with Gasteiger partial charge in [0.25, 0.3) is 11.8 Å². The molecule has 1 atom stereocenters. The van der Waals surface area contributed by atoms with Gasteiger partial charge in [-0.15, -0.1) is 0 Å². The maximum atomic E-state index is 12.8. The van der Waals surface area contributed by atoms with Crippen LogP contribution in [0.2, 0.25) is 0 Å². The van der Waals surface area contributed by atoms with Gasteiger partial charge < -0.3 is 19.9 Å². The Hall–Kier alpha value is -2.86. The van der Waals surface area contributed by atoms with Crippen molar-refractivity contribution in [1.29, 1.82) is 0 Å². The molecule has 0 aromatic heterocycles. The van der Waals surface area contributed by atoms with Crippen LogP contribution in [0.4, 0.5) is 5.69 Å². The third-order valence-corrected chi connectivity index (χ3v) is 5.79. The molecule has 6 nitrogen and oxygen atoms in total. The van der Waals surface area contributed by atoms with Crippen molar-refractivity contribution in [3.63, 3.8) is 0 Å². The number of rotatable bonds is 5. The average molecular weight is 394 g/mol. The van der Waals surface area contributed by atoms with Crippen molar-refractivity contribution in [3.8, 4) is 5.75 Å². The van der Waals surface area contributed by atoms with Crippen molar-refractivity contribution in [2.24, 2.45) is 0 Å². The maximum absolute atomic E-state index is 12.8. The number of carbonyl (C=O) groups is 2. The maximum Gasteiger partial charge on any atom is 0.279 e. The molecule has 29 heavy (non-hydrogen) atoms. The summed E-state index contributed by atoms with van der Waals surface area (Å²) in [6, 6.07) is 15.7. The van der Waals surface area contributed by atoms with Crippen molar-refractivity contribution in [3.05, 3.63) is 59.7 Å². The number of nitrogens with one attached hydrogen (secondary N) is 2. The summed E-state index contributed by atoms with van der Waals surface area (Å²) in [7, 11) is 0. The van der Waals surface area contributed by atoms with Gasteiger partial charge in [-0.05, 0) is 29.7 Å². The Morgan fingerprint density at radius 2 is 1.83 bits per heavy atom. The van der Waals surface area contributed by atoms with Crippen LogP contribution in [0.25, 0.3) is 0 Å². The molecule has 2 heterocycles. The molecule has 0 aliphatic carbocycles. The van der Waals surface area contributed by atoms with Crippen LogP contribution < -0.4 is 15.0 Å². The molecule has 0 bridgehead atoms. The number of ether oxygens (including phenoxy) is 1. The quantitative estimate of drug-likeness (QED) is 0.793. The van der Waals surface area contributed by atoms with Crippen LogP contribution in [0.5, 0.6) is 5.75 Å². The number of piperazine rings is 1. The highest BCUT2D eigenvalue weighted by molar-refractivity contribution is 5.92. The number of quaternary nitrogens is 1. The predicted molar refractivity (Wildman–Crippen MR) is 111 cm³/mol. The molecule has 4 rings (SSSR count). The fraction of sp³-hybridized carbons (Fsp3) is 0.391. The standard InChI is InChI=1S/C23H27N3O3/c1-2-17-7-3-5-9-19(17)24-22(27)16-25-11-13-26(14-12-25)23(28)21-15-18-8-4-6-10-20(18)29-21/h3-10,21H,2,11-16H2,1H3,(H,24,27)/p+1/t21-/m0/s1. The summed E-state index contributed by atoms with van der Waals surface area (Å²) < 4.78 is 5.84. The highest BCUT2D eigenvalue weighted by Gasteiger charge is 2.34. The number of amides is 2. The molecule has 0 spiro atoms. The van der Waals surface area contributed by atoms with Crippen molar-refractivity contribution in [1.82, 2.24) is 4.90 Å². The second-order valence-electron chi connectivity index (χ2n) is 7.73. The van der Waals surface area contributed by atoms with E-state index >= 15 is 0 Å². The number of aryl methyl sites for hydroxylation is 1. The second kappa shape index (κ2) is 8.66. The van der Waals surface area contributed by atoms with Crippen molar-refractivity contribution < 1.29 is 19.2 Å². The topological polar surface area (TPSA) is 63.1 Å². The zero-order valence-corrected chi connectivity index (χ0v) is 16.8. The van der Waals surface area contributed by atoms with Gasteiger partial charge in [0.15, 0.2) is 12.6 Å². The van der Waals surface area contributed by atoms with E-state index in [9.17, 15) is 9.59 Å².